The summed E-state index contributed by atoms with van der Waals surface area (Å²) in [5.41, 5.74) is 2.18. The molecule has 0 spiro atoms. The van der Waals surface area contributed by atoms with Crippen molar-refractivity contribution in [3.8, 4) is 0 Å². The van der Waals surface area contributed by atoms with Crippen LogP contribution in [0.5, 0.6) is 0 Å². The van der Waals surface area contributed by atoms with E-state index in [1.807, 2.05) is 60.7 Å². The summed E-state index contributed by atoms with van der Waals surface area (Å²) in [6.45, 7) is 0. The first kappa shape index (κ1) is 12.2. The van der Waals surface area contributed by atoms with Crippen LogP contribution in [0.2, 0.25) is 0 Å². The molecule has 0 aliphatic rings. The lowest BCUT2D eigenvalue weighted by Gasteiger charge is -2.22. The zero-order valence-electron chi connectivity index (χ0n) is 9.46. The monoisotopic (exact) mass is 246 g/mol. The molecule has 0 amide bonds. The third-order valence-electron chi connectivity index (χ3n) is 2.86. The quantitative estimate of drug-likeness (QED) is 0.820. The van der Waals surface area contributed by atoms with Crippen LogP contribution in [0, 0.1) is 0 Å². The number of benzene rings is 2. The first-order valence-electron chi connectivity index (χ1n) is 5.67. The summed E-state index contributed by atoms with van der Waals surface area (Å²) in [5.74, 6) is 0.170. The molecule has 0 fully saturated rings. The Labute approximate surface area is 107 Å². The van der Waals surface area contributed by atoms with Crippen molar-refractivity contribution in [3.05, 3.63) is 71.8 Å². The fraction of sp³-hybridized carbons (Fsp3) is 0.200. The van der Waals surface area contributed by atoms with Crippen molar-refractivity contribution >= 4 is 11.6 Å². The number of aliphatic hydroxyl groups is 1. The molecule has 0 aliphatic heterocycles. The SMILES string of the molecule is OC(CCl)C(c1ccccc1)c1ccccc1. The molecule has 0 aromatic heterocycles. The van der Waals surface area contributed by atoms with E-state index in [9.17, 15) is 5.11 Å². The average Bonchev–Trinajstić information content (AvgIpc) is 2.41. The zero-order valence-corrected chi connectivity index (χ0v) is 10.2. The van der Waals surface area contributed by atoms with Gasteiger partial charge in [-0.25, -0.2) is 0 Å². The molecule has 2 rings (SSSR count). The fourth-order valence-corrected chi connectivity index (χ4v) is 2.22. The fourth-order valence-electron chi connectivity index (χ4n) is 2.05. The summed E-state index contributed by atoms with van der Waals surface area (Å²) in [6.07, 6.45) is -0.568. The van der Waals surface area contributed by atoms with E-state index in [1.165, 1.54) is 0 Å². The molecule has 0 saturated heterocycles. The van der Waals surface area contributed by atoms with Gasteiger partial charge in [0.2, 0.25) is 0 Å². The number of halogens is 1. The van der Waals surface area contributed by atoms with Crippen LogP contribution >= 0.6 is 11.6 Å². The minimum atomic E-state index is -0.568. The Morgan fingerprint density at radius 1 is 0.824 bits per heavy atom. The molecule has 1 unspecified atom stereocenters. The van der Waals surface area contributed by atoms with Gasteiger partial charge in [0, 0.05) is 11.8 Å². The number of hydrogen-bond donors (Lipinski definition) is 1. The highest BCUT2D eigenvalue weighted by atomic mass is 35.5. The second-order valence-electron chi connectivity index (χ2n) is 4.02. The maximum absolute atomic E-state index is 10.1. The third kappa shape index (κ3) is 2.87. The van der Waals surface area contributed by atoms with Gasteiger partial charge in [-0.05, 0) is 11.1 Å². The Bertz CT molecular complexity index is 401. The molecule has 0 radical (unpaired) electrons. The van der Waals surface area contributed by atoms with Gasteiger partial charge in [0.25, 0.3) is 0 Å². The van der Waals surface area contributed by atoms with Gasteiger partial charge in [-0.1, -0.05) is 60.7 Å². The van der Waals surface area contributed by atoms with Crippen molar-refractivity contribution in [2.45, 2.75) is 12.0 Å². The lowest BCUT2D eigenvalue weighted by molar-refractivity contribution is 0.179. The Hall–Kier alpha value is -1.31. The summed E-state index contributed by atoms with van der Waals surface area (Å²) < 4.78 is 0. The second-order valence-corrected chi connectivity index (χ2v) is 4.33. The summed E-state index contributed by atoms with van der Waals surface area (Å²) in [7, 11) is 0. The lowest BCUT2D eigenvalue weighted by atomic mass is 9.87. The number of aliphatic hydroxyl groups excluding tert-OH is 1. The van der Waals surface area contributed by atoms with E-state index in [0.29, 0.717) is 0 Å². The summed E-state index contributed by atoms with van der Waals surface area (Å²) in [5, 5.41) is 10.1. The highest BCUT2D eigenvalue weighted by molar-refractivity contribution is 6.18. The Balaban J connectivity index is 2.39. The van der Waals surface area contributed by atoms with Crippen molar-refractivity contribution in [2.24, 2.45) is 0 Å². The number of hydrogen-bond acceptors (Lipinski definition) is 1. The van der Waals surface area contributed by atoms with E-state index in [1.54, 1.807) is 0 Å². The number of rotatable bonds is 4. The Morgan fingerprint density at radius 3 is 1.59 bits per heavy atom. The molecule has 0 aliphatic carbocycles. The van der Waals surface area contributed by atoms with Gasteiger partial charge in [0.05, 0.1) is 6.10 Å². The van der Waals surface area contributed by atoms with E-state index in [4.69, 9.17) is 11.6 Å². The first-order chi connectivity index (χ1) is 8.33. The molecule has 88 valence electrons. The Morgan fingerprint density at radius 2 is 1.24 bits per heavy atom. The predicted molar refractivity (Wildman–Crippen MR) is 71.5 cm³/mol. The highest BCUT2D eigenvalue weighted by Gasteiger charge is 2.21. The summed E-state index contributed by atoms with van der Waals surface area (Å²) >= 11 is 5.80. The standard InChI is InChI=1S/C15H15ClO/c16-11-14(17)15(12-7-3-1-4-8-12)13-9-5-2-6-10-13/h1-10,14-15,17H,11H2. The highest BCUT2D eigenvalue weighted by Crippen LogP contribution is 2.28. The lowest BCUT2D eigenvalue weighted by Crippen LogP contribution is -2.21. The van der Waals surface area contributed by atoms with Gasteiger partial charge in [-0.2, -0.15) is 0 Å². The third-order valence-corrected chi connectivity index (χ3v) is 3.18. The van der Waals surface area contributed by atoms with Gasteiger partial charge in [-0.3, -0.25) is 0 Å². The largest absolute Gasteiger partial charge is 0.391 e. The minimum Gasteiger partial charge on any atom is -0.391 e. The van der Waals surface area contributed by atoms with Crippen LogP contribution in [0.25, 0.3) is 0 Å². The van der Waals surface area contributed by atoms with Crippen molar-refractivity contribution < 1.29 is 5.11 Å². The normalized spacial score (nSPS) is 12.6. The van der Waals surface area contributed by atoms with Crippen LogP contribution in [-0.2, 0) is 0 Å². The molecular weight excluding hydrogens is 232 g/mol. The molecule has 0 bridgehead atoms. The van der Waals surface area contributed by atoms with E-state index in [0.717, 1.165) is 11.1 Å². The maximum Gasteiger partial charge on any atom is 0.0784 e. The van der Waals surface area contributed by atoms with E-state index in [-0.39, 0.29) is 11.8 Å². The number of alkyl halides is 1. The van der Waals surface area contributed by atoms with Gasteiger partial charge >= 0.3 is 0 Å². The molecule has 0 saturated carbocycles. The van der Waals surface area contributed by atoms with Crippen LogP contribution in [0.15, 0.2) is 60.7 Å². The van der Waals surface area contributed by atoms with Crippen LogP contribution in [0.1, 0.15) is 17.0 Å². The zero-order chi connectivity index (χ0) is 12.1. The topological polar surface area (TPSA) is 20.2 Å². The first-order valence-corrected chi connectivity index (χ1v) is 6.20. The van der Waals surface area contributed by atoms with Crippen molar-refractivity contribution in [2.75, 3.05) is 5.88 Å². The molecule has 2 aromatic rings. The molecule has 1 N–H and O–H groups in total. The van der Waals surface area contributed by atoms with Gasteiger partial charge < -0.3 is 5.11 Å². The molecular formula is C15H15ClO. The van der Waals surface area contributed by atoms with Crippen LogP contribution < -0.4 is 0 Å². The van der Waals surface area contributed by atoms with Crippen LogP contribution in [0.3, 0.4) is 0 Å². The van der Waals surface area contributed by atoms with E-state index < -0.39 is 6.10 Å². The molecule has 0 heterocycles. The van der Waals surface area contributed by atoms with Gasteiger partial charge in [-0.15, -0.1) is 11.6 Å². The van der Waals surface area contributed by atoms with E-state index >= 15 is 0 Å². The van der Waals surface area contributed by atoms with Gasteiger partial charge in [0.15, 0.2) is 0 Å². The molecule has 2 aromatic carbocycles. The summed E-state index contributed by atoms with van der Waals surface area (Å²) in [4.78, 5) is 0. The van der Waals surface area contributed by atoms with Crippen LogP contribution in [-0.4, -0.2) is 17.1 Å². The molecule has 1 nitrogen and oxygen atoms in total. The average molecular weight is 247 g/mol. The van der Waals surface area contributed by atoms with Gasteiger partial charge in [0.1, 0.15) is 0 Å². The maximum atomic E-state index is 10.1. The molecule has 2 heteroatoms. The molecule has 17 heavy (non-hydrogen) atoms. The van der Waals surface area contributed by atoms with Crippen LogP contribution in [0.4, 0.5) is 0 Å². The van der Waals surface area contributed by atoms with E-state index in [2.05, 4.69) is 0 Å². The second kappa shape index (κ2) is 5.85. The smallest absolute Gasteiger partial charge is 0.0784 e. The summed E-state index contributed by atoms with van der Waals surface area (Å²) in [6, 6.07) is 19.9. The minimum absolute atomic E-state index is 0.0603. The van der Waals surface area contributed by atoms with Crippen molar-refractivity contribution in [3.63, 3.8) is 0 Å². The molecule has 1 atom stereocenters. The predicted octanol–water partition coefficient (Wildman–Crippen LogP) is 3.42. The van der Waals surface area contributed by atoms with Crippen molar-refractivity contribution in [1.29, 1.82) is 0 Å². The Kier molecular flexibility index (Phi) is 4.18. The van der Waals surface area contributed by atoms with Crippen molar-refractivity contribution in [1.82, 2.24) is 0 Å².